The molecule has 4 heterocycles. The molecule has 2 aromatic heterocycles. The van der Waals surface area contributed by atoms with Crippen LogP contribution in [0.1, 0.15) is 22.1 Å². The van der Waals surface area contributed by atoms with E-state index in [0.717, 1.165) is 53.6 Å². The van der Waals surface area contributed by atoms with Crippen LogP contribution in [0.2, 0.25) is 0 Å². The molecule has 8 heteroatoms. The second kappa shape index (κ2) is 7.03. The predicted octanol–water partition coefficient (Wildman–Crippen LogP) is 2.67. The fraction of sp³-hybridized carbons (Fsp3) is 0.688. The van der Waals surface area contributed by atoms with Gasteiger partial charge in [-0.05, 0) is 26.2 Å². The van der Waals surface area contributed by atoms with E-state index < -0.39 is 0 Å². The molecule has 2 aliphatic heterocycles. The zero-order valence-corrected chi connectivity index (χ0v) is 15.6. The molecule has 0 amide bonds. The summed E-state index contributed by atoms with van der Waals surface area (Å²) in [6, 6.07) is 0. The van der Waals surface area contributed by atoms with E-state index in [2.05, 4.69) is 25.5 Å². The molecule has 6 nitrogen and oxygen atoms in total. The number of aryl methyl sites for hydroxylation is 2. The van der Waals surface area contributed by atoms with Crippen LogP contribution in [-0.2, 0) is 16.1 Å². The van der Waals surface area contributed by atoms with Gasteiger partial charge >= 0.3 is 0 Å². The molecule has 0 saturated carbocycles. The van der Waals surface area contributed by atoms with Gasteiger partial charge in [-0.3, -0.25) is 0 Å². The topological polar surface area (TPSA) is 60.4 Å². The Hall–Kier alpha value is -1.09. The van der Waals surface area contributed by atoms with Crippen molar-refractivity contribution < 1.29 is 9.47 Å². The second-order valence-corrected chi connectivity index (χ2v) is 8.73. The van der Waals surface area contributed by atoms with E-state index in [1.165, 1.54) is 0 Å². The minimum atomic E-state index is 0.334. The summed E-state index contributed by atoms with van der Waals surface area (Å²) >= 11 is 3.34. The Bertz CT molecular complexity index is 689. The Balaban J connectivity index is 1.25. The van der Waals surface area contributed by atoms with Crippen molar-refractivity contribution in [1.29, 1.82) is 0 Å². The second-order valence-electron chi connectivity index (χ2n) is 6.50. The molecule has 0 radical (unpaired) electrons. The van der Waals surface area contributed by atoms with Crippen LogP contribution < -0.4 is 4.90 Å². The minimum Gasteiger partial charge on any atom is -0.376 e. The van der Waals surface area contributed by atoms with Crippen molar-refractivity contribution in [2.45, 2.75) is 33.0 Å². The number of aromatic nitrogens is 3. The Labute approximate surface area is 149 Å². The van der Waals surface area contributed by atoms with Crippen LogP contribution in [0.5, 0.6) is 0 Å². The highest BCUT2D eigenvalue weighted by molar-refractivity contribution is 7.15. The molecule has 2 fully saturated rings. The number of hydrogen-bond acceptors (Lipinski definition) is 8. The first-order valence-corrected chi connectivity index (χ1v) is 10.0. The summed E-state index contributed by atoms with van der Waals surface area (Å²) in [4.78, 5) is 6.75. The fourth-order valence-corrected chi connectivity index (χ4v) is 4.86. The van der Waals surface area contributed by atoms with Crippen molar-refractivity contribution >= 4 is 27.8 Å². The van der Waals surface area contributed by atoms with Crippen molar-refractivity contribution in [3.63, 3.8) is 0 Å². The number of anilines is 1. The summed E-state index contributed by atoms with van der Waals surface area (Å²) in [6.07, 6.45) is 1.38. The minimum absolute atomic E-state index is 0.334. The van der Waals surface area contributed by atoms with Crippen LogP contribution >= 0.6 is 22.7 Å². The van der Waals surface area contributed by atoms with Gasteiger partial charge in [-0.2, -0.15) is 0 Å². The smallest absolute Gasteiger partial charge is 0.208 e. The molecule has 0 bridgehead atoms. The Morgan fingerprint density at radius 1 is 1.29 bits per heavy atom. The van der Waals surface area contributed by atoms with Gasteiger partial charge < -0.3 is 14.4 Å². The van der Waals surface area contributed by atoms with E-state index in [1.807, 2.05) is 13.8 Å². The molecule has 130 valence electrons. The van der Waals surface area contributed by atoms with Crippen molar-refractivity contribution in [2.24, 2.45) is 11.8 Å². The maximum Gasteiger partial charge on any atom is 0.208 e. The van der Waals surface area contributed by atoms with Gasteiger partial charge in [0.2, 0.25) is 5.13 Å². The normalized spacial score (nSPS) is 26.2. The summed E-state index contributed by atoms with van der Waals surface area (Å²) in [6.45, 7) is 8.23. The van der Waals surface area contributed by atoms with Crippen molar-refractivity contribution in [1.82, 2.24) is 15.2 Å². The van der Waals surface area contributed by atoms with E-state index in [9.17, 15) is 0 Å². The van der Waals surface area contributed by atoms with Gasteiger partial charge in [0.05, 0.1) is 30.0 Å². The third kappa shape index (κ3) is 3.46. The van der Waals surface area contributed by atoms with Crippen molar-refractivity contribution in [2.75, 3.05) is 31.2 Å². The first-order chi connectivity index (χ1) is 11.7. The average Bonchev–Trinajstić information content (AvgIpc) is 3.29. The SMILES string of the molecule is Cc1nc(COCC[C@H]2CO[C@H]3CN(c4nnc(C)s4)C[C@@H]23)cs1. The molecule has 3 atom stereocenters. The fourth-order valence-electron chi connectivity index (χ4n) is 3.55. The number of fused-ring (bicyclic) bond motifs is 1. The molecule has 2 aliphatic rings. The van der Waals surface area contributed by atoms with E-state index in [-0.39, 0.29) is 0 Å². The van der Waals surface area contributed by atoms with E-state index in [0.29, 0.717) is 24.5 Å². The molecular formula is C16H22N4O2S2. The lowest BCUT2D eigenvalue weighted by molar-refractivity contribution is 0.0928. The first-order valence-electron chi connectivity index (χ1n) is 8.34. The Kier molecular flexibility index (Phi) is 4.80. The maximum absolute atomic E-state index is 6.02. The van der Waals surface area contributed by atoms with E-state index >= 15 is 0 Å². The van der Waals surface area contributed by atoms with Gasteiger partial charge in [0.25, 0.3) is 0 Å². The third-order valence-corrected chi connectivity index (χ3v) is 6.50. The molecule has 24 heavy (non-hydrogen) atoms. The Morgan fingerprint density at radius 2 is 2.21 bits per heavy atom. The molecule has 0 N–H and O–H groups in total. The van der Waals surface area contributed by atoms with Gasteiger partial charge in [-0.15, -0.1) is 21.5 Å². The summed E-state index contributed by atoms with van der Waals surface area (Å²) in [7, 11) is 0. The van der Waals surface area contributed by atoms with E-state index in [4.69, 9.17) is 9.47 Å². The largest absolute Gasteiger partial charge is 0.376 e. The number of ether oxygens (including phenoxy) is 2. The molecule has 0 spiro atoms. The quantitative estimate of drug-likeness (QED) is 0.733. The molecule has 4 rings (SSSR count). The van der Waals surface area contributed by atoms with Gasteiger partial charge in [-0.25, -0.2) is 4.98 Å². The van der Waals surface area contributed by atoms with Crippen LogP contribution in [0, 0.1) is 25.7 Å². The van der Waals surface area contributed by atoms with Crippen LogP contribution in [0.4, 0.5) is 5.13 Å². The highest BCUT2D eigenvalue weighted by Crippen LogP contribution is 2.38. The lowest BCUT2D eigenvalue weighted by Crippen LogP contribution is -2.24. The van der Waals surface area contributed by atoms with Gasteiger partial charge in [-0.1, -0.05) is 11.3 Å². The highest BCUT2D eigenvalue weighted by Gasteiger charge is 2.44. The number of thiazole rings is 1. The zero-order chi connectivity index (χ0) is 16.5. The maximum atomic E-state index is 6.02. The number of nitrogens with zero attached hydrogens (tertiary/aromatic N) is 4. The monoisotopic (exact) mass is 366 g/mol. The molecule has 0 aliphatic carbocycles. The lowest BCUT2D eigenvalue weighted by Gasteiger charge is -2.18. The number of hydrogen-bond donors (Lipinski definition) is 0. The number of rotatable bonds is 6. The van der Waals surface area contributed by atoms with Crippen LogP contribution in [0.3, 0.4) is 0 Å². The van der Waals surface area contributed by atoms with Gasteiger partial charge in [0.1, 0.15) is 5.01 Å². The predicted molar refractivity (Wildman–Crippen MR) is 94.7 cm³/mol. The van der Waals surface area contributed by atoms with Crippen LogP contribution in [0.15, 0.2) is 5.38 Å². The highest BCUT2D eigenvalue weighted by atomic mass is 32.1. The summed E-state index contributed by atoms with van der Waals surface area (Å²) in [5.41, 5.74) is 1.04. The average molecular weight is 367 g/mol. The lowest BCUT2D eigenvalue weighted by atomic mass is 9.91. The molecular weight excluding hydrogens is 344 g/mol. The van der Waals surface area contributed by atoms with Crippen LogP contribution in [-0.4, -0.2) is 47.6 Å². The standard InChI is InChI=1S/C16H22N4O2S2/c1-10-17-13(9-23-10)8-21-4-3-12-7-22-15-6-20(5-14(12)15)16-19-18-11(2)24-16/h9,12,14-15H,3-8H2,1-2H3/t12-,14-,15-/m0/s1. The van der Waals surface area contributed by atoms with Crippen molar-refractivity contribution in [3.8, 4) is 0 Å². The Morgan fingerprint density at radius 3 is 2.96 bits per heavy atom. The first kappa shape index (κ1) is 16.4. The van der Waals surface area contributed by atoms with E-state index in [1.54, 1.807) is 22.7 Å². The van der Waals surface area contributed by atoms with Gasteiger partial charge in [0, 0.05) is 31.0 Å². The van der Waals surface area contributed by atoms with Crippen LogP contribution in [0.25, 0.3) is 0 Å². The summed E-state index contributed by atoms with van der Waals surface area (Å²) in [5.74, 6) is 1.16. The molecule has 0 unspecified atom stereocenters. The zero-order valence-electron chi connectivity index (χ0n) is 14.0. The van der Waals surface area contributed by atoms with Crippen molar-refractivity contribution in [3.05, 3.63) is 21.1 Å². The molecule has 2 aromatic rings. The summed E-state index contributed by atoms with van der Waals surface area (Å²) < 4.78 is 11.8. The molecule has 2 saturated heterocycles. The molecule has 0 aromatic carbocycles. The van der Waals surface area contributed by atoms with Gasteiger partial charge in [0.15, 0.2) is 0 Å². The third-order valence-electron chi connectivity index (χ3n) is 4.77. The summed E-state index contributed by atoms with van der Waals surface area (Å²) in [5, 5.41) is 13.6.